The van der Waals surface area contributed by atoms with Gasteiger partial charge in [0.1, 0.15) is 6.04 Å². The number of nitrogens with zero attached hydrogens (tertiary/aromatic N) is 3. The number of nitrogens with one attached hydrogen (secondary N) is 2. The van der Waals surface area contributed by atoms with E-state index in [0.29, 0.717) is 12.2 Å². The van der Waals surface area contributed by atoms with Gasteiger partial charge in [-0.2, -0.15) is 5.10 Å². The van der Waals surface area contributed by atoms with Gasteiger partial charge in [0.15, 0.2) is 5.65 Å². The minimum atomic E-state index is -0.335. The standard InChI is InChI=1S/C18H21N5O/c1-12-6-8-13(9-7-12)16(23(2)3)18(24)20-11-15-14-5-4-10-19-17(14)22-21-15/h4-10,16H,11H2,1-3H3,(H,20,24)(H,19,21,22). The molecule has 2 heterocycles. The number of hydrogen-bond acceptors (Lipinski definition) is 4. The Bertz CT molecular complexity index is 838. The maximum atomic E-state index is 12.7. The lowest BCUT2D eigenvalue weighted by molar-refractivity contribution is -0.125. The zero-order chi connectivity index (χ0) is 17.1. The number of rotatable bonds is 5. The Morgan fingerprint density at radius 1 is 1.25 bits per heavy atom. The van der Waals surface area contributed by atoms with Crippen molar-refractivity contribution in [2.24, 2.45) is 0 Å². The Kier molecular flexibility index (Phi) is 4.57. The molecule has 0 saturated heterocycles. The molecule has 0 spiro atoms. The van der Waals surface area contributed by atoms with Crippen LogP contribution in [0.1, 0.15) is 22.9 Å². The van der Waals surface area contributed by atoms with E-state index in [0.717, 1.165) is 16.6 Å². The highest BCUT2D eigenvalue weighted by atomic mass is 16.2. The molecule has 2 N–H and O–H groups in total. The predicted octanol–water partition coefficient (Wildman–Crippen LogP) is 2.19. The van der Waals surface area contributed by atoms with Crippen molar-refractivity contribution in [3.8, 4) is 0 Å². The number of aromatic amines is 1. The van der Waals surface area contributed by atoms with Crippen molar-refractivity contribution in [3.05, 3.63) is 59.4 Å². The van der Waals surface area contributed by atoms with Crippen molar-refractivity contribution >= 4 is 16.9 Å². The average Bonchev–Trinajstić information content (AvgIpc) is 2.98. The molecule has 0 aliphatic rings. The highest BCUT2D eigenvalue weighted by Crippen LogP contribution is 2.19. The van der Waals surface area contributed by atoms with Gasteiger partial charge in [0.05, 0.1) is 12.2 Å². The van der Waals surface area contributed by atoms with Crippen LogP contribution < -0.4 is 5.32 Å². The summed E-state index contributed by atoms with van der Waals surface area (Å²) in [4.78, 5) is 18.8. The monoisotopic (exact) mass is 323 g/mol. The molecule has 1 atom stereocenters. The maximum absolute atomic E-state index is 12.7. The fourth-order valence-electron chi connectivity index (χ4n) is 2.74. The van der Waals surface area contributed by atoms with Crippen LogP contribution in [0.4, 0.5) is 0 Å². The molecule has 6 heteroatoms. The number of amides is 1. The van der Waals surface area contributed by atoms with Gasteiger partial charge in [-0.25, -0.2) is 4.98 Å². The number of likely N-dealkylation sites (N-methyl/N-ethyl adjacent to an activating group) is 1. The summed E-state index contributed by atoms with van der Waals surface area (Å²) >= 11 is 0. The van der Waals surface area contributed by atoms with Crippen molar-refractivity contribution in [2.75, 3.05) is 14.1 Å². The number of carbonyl (C=O) groups is 1. The van der Waals surface area contributed by atoms with Crippen LogP contribution in [0.5, 0.6) is 0 Å². The lowest BCUT2D eigenvalue weighted by Gasteiger charge is -2.24. The summed E-state index contributed by atoms with van der Waals surface area (Å²) < 4.78 is 0. The quantitative estimate of drug-likeness (QED) is 0.755. The molecule has 0 radical (unpaired) electrons. The van der Waals surface area contributed by atoms with Gasteiger partial charge in [0, 0.05) is 11.6 Å². The molecule has 0 fully saturated rings. The molecule has 1 unspecified atom stereocenters. The Hall–Kier alpha value is -2.73. The second-order valence-electron chi connectivity index (χ2n) is 6.07. The van der Waals surface area contributed by atoms with Crippen LogP contribution in [0.3, 0.4) is 0 Å². The second kappa shape index (κ2) is 6.80. The van der Waals surface area contributed by atoms with Crippen molar-refractivity contribution in [1.82, 2.24) is 25.4 Å². The van der Waals surface area contributed by atoms with Gasteiger partial charge >= 0.3 is 0 Å². The van der Waals surface area contributed by atoms with Gasteiger partial charge in [-0.3, -0.25) is 14.8 Å². The van der Waals surface area contributed by atoms with E-state index in [-0.39, 0.29) is 11.9 Å². The van der Waals surface area contributed by atoms with E-state index < -0.39 is 0 Å². The van der Waals surface area contributed by atoms with Gasteiger partial charge in [-0.15, -0.1) is 0 Å². The first-order chi connectivity index (χ1) is 11.6. The first-order valence-corrected chi connectivity index (χ1v) is 7.85. The van der Waals surface area contributed by atoms with Gasteiger partial charge in [0.25, 0.3) is 0 Å². The Morgan fingerprint density at radius 3 is 2.71 bits per heavy atom. The minimum Gasteiger partial charge on any atom is -0.349 e. The molecule has 3 aromatic rings. The van der Waals surface area contributed by atoms with E-state index >= 15 is 0 Å². The fourth-order valence-corrected chi connectivity index (χ4v) is 2.74. The van der Waals surface area contributed by atoms with Gasteiger partial charge in [-0.1, -0.05) is 29.8 Å². The molecule has 0 saturated carbocycles. The van der Waals surface area contributed by atoms with Crippen LogP contribution in [0.2, 0.25) is 0 Å². The number of fused-ring (bicyclic) bond motifs is 1. The number of hydrogen-bond donors (Lipinski definition) is 2. The molecule has 0 aliphatic heterocycles. The van der Waals surface area contributed by atoms with E-state index in [2.05, 4.69) is 20.5 Å². The van der Waals surface area contributed by atoms with Crippen molar-refractivity contribution < 1.29 is 4.79 Å². The number of aryl methyl sites for hydroxylation is 1. The number of H-pyrrole nitrogens is 1. The van der Waals surface area contributed by atoms with Gasteiger partial charge in [0.2, 0.25) is 5.91 Å². The van der Waals surface area contributed by atoms with E-state index in [1.807, 2.05) is 62.3 Å². The zero-order valence-electron chi connectivity index (χ0n) is 14.1. The summed E-state index contributed by atoms with van der Waals surface area (Å²) in [5.74, 6) is -0.0458. The molecule has 2 aromatic heterocycles. The molecular formula is C18H21N5O. The number of carbonyl (C=O) groups excluding carboxylic acids is 1. The minimum absolute atomic E-state index is 0.0458. The first kappa shape index (κ1) is 16.1. The zero-order valence-corrected chi connectivity index (χ0v) is 14.1. The molecule has 1 aromatic carbocycles. The molecule has 6 nitrogen and oxygen atoms in total. The normalized spacial score (nSPS) is 12.5. The van der Waals surface area contributed by atoms with Crippen LogP contribution in [-0.2, 0) is 11.3 Å². The summed E-state index contributed by atoms with van der Waals surface area (Å²) in [5.41, 5.74) is 3.66. The van der Waals surface area contributed by atoms with E-state index in [1.165, 1.54) is 5.56 Å². The summed E-state index contributed by atoms with van der Waals surface area (Å²) in [5, 5.41) is 11.0. The lowest BCUT2D eigenvalue weighted by Crippen LogP contribution is -2.36. The summed E-state index contributed by atoms with van der Waals surface area (Å²) in [7, 11) is 3.80. The SMILES string of the molecule is Cc1ccc(C(C(=O)NCc2[nH]nc3ncccc23)N(C)C)cc1. The van der Waals surface area contributed by atoms with E-state index in [4.69, 9.17) is 0 Å². The average molecular weight is 323 g/mol. The molecule has 3 rings (SSSR count). The number of benzene rings is 1. The Labute approximate surface area is 140 Å². The van der Waals surface area contributed by atoms with E-state index in [9.17, 15) is 4.79 Å². The molecular weight excluding hydrogens is 302 g/mol. The Balaban J connectivity index is 1.75. The third-order valence-corrected chi connectivity index (χ3v) is 4.01. The van der Waals surface area contributed by atoms with Crippen LogP contribution in [0.15, 0.2) is 42.6 Å². The third kappa shape index (κ3) is 3.28. The van der Waals surface area contributed by atoms with Crippen LogP contribution in [0.25, 0.3) is 11.0 Å². The molecule has 0 aliphatic carbocycles. The van der Waals surface area contributed by atoms with Crippen LogP contribution in [0, 0.1) is 6.92 Å². The van der Waals surface area contributed by atoms with E-state index in [1.54, 1.807) is 6.20 Å². The topological polar surface area (TPSA) is 73.9 Å². The Morgan fingerprint density at radius 2 is 2.00 bits per heavy atom. The predicted molar refractivity (Wildman–Crippen MR) is 93.3 cm³/mol. The maximum Gasteiger partial charge on any atom is 0.242 e. The molecule has 1 amide bonds. The van der Waals surface area contributed by atoms with Gasteiger partial charge in [-0.05, 0) is 38.7 Å². The van der Waals surface area contributed by atoms with Gasteiger partial charge < -0.3 is 5.32 Å². The molecule has 124 valence electrons. The third-order valence-electron chi connectivity index (χ3n) is 4.01. The smallest absolute Gasteiger partial charge is 0.242 e. The highest BCUT2D eigenvalue weighted by molar-refractivity contribution is 5.84. The second-order valence-corrected chi connectivity index (χ2v) is 6.07. The largest absolute Gasteiger partial charge is 0.349 e. The lowest BCUT2D eigenvalue weighted by atomic mass is 10.0. The van der Waals surface area contributed by atoms with Crippen LogP contribution >= 0.6 is 0 Å². The molecule has 24 heavy (non-hydrogen) atoms. The van der Waals surface area contributed by atoms with Crippen molar-refractivity contribution in [1.29, 1.82) is 0 Å². The summed E-state index contributed by atoms with van der Waals surface area (Å²) in [6, 6.07) is 11.5. The molecule has 0 bridgehead atoms. The number of pyridine rings is 1. The number of aromatic nitrogens is 3. The first-order valence-electron chi connectivity index (χ1n) is 7.85. The highest BCUT2D eigenvalue weighted by Gasteiger charge is 2.22. The van der Waals surface area contributed by atoms with Crippen molar-refractivity contribution in [2.45, 2.75) is 19.5 Å². The van der Waals surface area contributed by atoms with Crippen molar-refractivity contribution in [3.63, 3.8) is 0 Å². The summed E-state index contributed by atoms with van der Waals surface area (Å²) in [6.07, 6.45) is 1.70. The summed E-state index contributed by atoms with van der Waals surface area (Å²) in [6.45, 7) is 2.42. The fraction of sp³-hybridized carbons (Fsp3) is 0.278. The van der Waals surface area contributed by atoms with Crippen LogP contribution in [-0.4, -0.2) is 40.1 Å².